The van der Waals surface area contributed by atoms with Crippen molar-refractivity contribution in [2.75, 3.05) is 13.1 Å². The predicted octanol–water partition coefficient (Wildman–Crippen LogP) is 6.66. The molecule has 166 valence electrons. The number of aromatic hydroxyl groups is 1. The minimum absolute atomic E-state index is 0.138. The highest BCUT2D eigenvalue weighted by Gasteiger charge is 2.21. The van der Waals surface area contributed by atoms with Crippen molar-refractivity contribution >= 4 is 5.57 Å². The van der Waals surface area contributed by atoms with Crippen LogP contribution in [0.4, 0.5) is 0 Å². The van der Waals surface area contributed by atoms with Crippen molar-refractivity contribution in [2.45, 2.75) is 51.9 Å². The van der Waals surface area contributed by atoms with Crippen LogP contribution in [-0.2, 0) is 18.3 Å². The summed E-state index contributed by atoms with van der Waals surface area (Å²) in [5.41, 5.74) is 9.35. The van der Waals surface area contributed by atoms with Gasteiger partial charge in [0.1, 0.15) is 5.75 Å². The zero-order valence-electron chi connectivity index (χ0n) is 19.6. The Morgan fingerprint density at radius 3 is 2.34 bits per heavy atom. The second-order valence-corrected chi connectivity index (χ2v) is 9.91. The van der Waals surface area contributed by atoms with Crippen molar-refractivity contribution in [1.29, 1.82) is 0 Å². The summed E-state index contributed by atoms with van der Waals surface area (Å²) in [4.78, 5) is 0. The Labute approximate surface area is 193 Å². The highest BCUT2D eigenvalue weighted by molar-refractivity contribution is 5.85. The first kappa shape index (κ1) is 22.4. The lowest BCUT2D eigenvalue weighted by molar-refractivity contribution is 0.475. The summed E-state index contributed by atoms with van der Waals surface area (Å²) in [6.45, 7) is 8.64. The summed E-state index contributed by atoms with van der Waals surface area (Å²) in [6.07, 6.45) is 4.31. The summed E-state index contributed by atoms with van der Waals surface area (Å²) < 4.78 is 0. The Morgan fingerprint density at radius 1 is 0.875 bits per heavy atom. The Kier molecular flexibility index (Phi) is 6.81. The fourth-order valence-electron chi connectivity index (χ4n) is 4.59. The van der Waals surface area contributed by atoms with Crippen molar-refractivity contribution < 1.29 is 5.11 Å². The van der Waals surface area contributed by atoms with Crippen LogP contribution in [-0.4, -0.2) is 18.2 Å². The number of phenolic OH excluding ortho intramolecular Hbond substituents is 1. The smallest absolute Gasteiger partial charge is 0.116 e. The van der Waals surface area contributed by atoms with E-state index in [1.807, 2.05) is 12.1 Å². The van der Waals surface area contributed by atoms with E-state index in [2.05, 4.69) is 86.8 Å². The van der Waals surface area contributed by atoms with Crippen LogP contribution in [0.5, 0.6) is 5.75 Å². The number of phenols is 1. The number of fused-ring (bicyclic) bond motifs is 1. The lowest BCUT2D eigenvalue weighted by Gasteiger charge is -2.26. The van der Waals surface area contributed by atoms with E-state index < -0.39 is 0 Å². The molecule has 2 N–H and O–H groups in total. The van der Waals surface area contributed by atoms with Crippen LogP contribution in [0.15, 0.2) is 78.4 Å². The van der Waals surface area contributed by atoms with E-state index in [-0.39, 0.29) is 5.41 Å². The maximum absolute atomic E-state index is 10.2. The van der Waals surface area contributed by atoms with Gasteiger partial charge in [-0.2, -0.15) is 0 Å². The second-order valence-electron chi connectivity index (χ2n) is 9.91. The van der Waals surface area contributed by atoms with Gasteiger partial charge in [0, 0.05) is 6.54 Å². The van der Waals surface area contributed by atoms with Gasteiger partial charge < -0.3 is 10.4 Å². The van der Waals surface area contributed by atoms with E-state index >= 15 is 0 Å². The maximum atomic E-state index is 10.2. The van der Waals surface area contributed by atoms with Gasteiger partial charge >= 0.3 is 0 Å². The molecule has 1 aliphatic rings. The van der Waals surface area contributed by atoms with Crippen LogP contribution < -0.4 is 5.32 Å². The molecule has 0 atom stereocenters. The predicted molar refractivity (Wildman–Crippen MR) is 135 cm³/mol. The molecular formula is C30H35NO. The number of rotatable bonds is 7. The maximum Gasteiger partial charge on any atom is 0.116 e. The average molecular weight is 426 g/mol. The van der Waals surface area contributed by atoms with Gasteiger partial charge in [0.2, 0.25) is 0 Å². The Bertz CT molecular complexity index is 1070. The number of hydrogen-bond donors (Lipinski definition) is 2. The molecule has 3 aromatic rings. The summed E-state index contributed by atoms with van der Waals surface area (Å²) in [5, 5.41) is 13.9. The first-order chi connectivity index (χ1) is 15.4. The lowest BCUT2D eigenvalue weighted by atomic mass is 9.80. The minimum Gasteiger partial charge on any atom is -0.508 e. The molecule has 0 amide bonds. The molecule has 0 saturated heterocycles. The molecule has 0 spiro atoms. The molecule has 4 rings (SSSR count). The van der Waals surface area contributed by atoms with E-state index in [9.17, 15) is 5.11 Å². The van der Waals surface area contributed by atoms with Crippen molar-refractivity contribution in [3.63, 3.8) is 0 Å². The van der Waals surface area contributed by atoms with Crippen LogP contribution in [0.25, 0.3) is 5.57 Å². The highest BCUT2D eigenvalue weighted by Crippen LogP contribution is 2.38. The monoisotopic (exact) mass is 425 g/mol. The van der Waals surface area contributed by atoms with Crippen molar-refractivity contribution in [1.82, 2.24) is 5.32 Å². The number of hydrogen-bond acceptors (Lipinski definition) is 2. The first-order valence-corrected chi connectivity index (χ1v) is 11.8. The van der Waals surface area contributed by atoms with Crippen LogP contribution in [0, 0.1) is 0 Å². The van der Waals surface area contributed by atoms with Crippen LogP contribution in [0.1, 0.15) is 61.4 Å². The van der Waals surface area contributed by atoms with E-state index in [0.717, 1.165) is 38.8 Å². The minimum atomic E-state index is 0.138. The van der Waals surface area contributed by atoms with Gasteiger partial charge in [-0.1, -0.05) is 81.4 Å². The summed E-state index contributed by atoms with van der Waals surface area (Å²) in [5.74, 6) is 0.338. The summed E-state index contributed by atoms with van der Waals surface area (Å²) in [7, 11) is 0. The lowest BCUT2D eigenvalue weighted by Crippen LogP contribution is -2.22. The van der Waals surface area contributed by atoms with E-state index in [4.69, 9.17) is 0 Å². The normalized spacial score (nSPS) is 13.8. The molecule has 0 heterocycles. The largest absolute Gasteiger partial charge is 0.508 e. The molecular weight excluding hydrogens is 390 g/mol. The van der Waals surface area contributed by atoms with Gasteiger partial charge in [-0.05, 0) is 88.7 Å². The fraction of sp³-hybridized carbons (Fsp3) is 0.333. The molecule has 0 aliphatic heterocycles. The van der Waals surface area contributed by atoms with Crippen LogP contribution in [0.2, 0.25) is 0 Å². The van der Waals surface area contributed by atoms with Crippen molar-refractivity contribution in [2.24, 2.45) is 0 Å². The molecule has 2 nitrogen and oxygen atoms in total. The van der Waals surface area contributed by atoms with Crippen LogP contribution in [0.3, 0.4) is 0 Å². The summed E-state index contributed by atoms with van der Waals surface area (Å²) >= 11 is 0. The zero-order valence-corrected chi connectivity index (χ0v) is 19.6. The third-order valence-electron chi connectivity index (χ3n) is 6.45. The zero-order chi connectivity index (χ0) is 22.6. The topological polar surface area (TPSA) is 32.3 Å². The highest BCUT2D eigenvalue weighted by atomic mass is 16.3. The van der Waals surface area contributed by atoms with Gasteiger partial charge in [0.15, 0.2) is 0 Å². The molecule has 0 unspecified atom stereocenters. The van der Waals surface area contributed by atoms with Gasteiger partial charge in [-0.15, -0.1) is 0 Å². The van der Waals surface area contributed by atoms with Gasteiger partial charge in [0.05, 0.1) is 0 Å². The molecule has 0 saturated carbocycles. The molecule has 0 fully saturated rings. The fourth-order valence-corrected chi connectivity index (χ4v) is 4.59. The molecule has 0 radical (unpaired) electrons. The van der Waals surface area contributed by atoms with Crippen LogP contribution >= 0.6 is 0 Å². The quantitative estimate of drug-likeness (QED) is 0.415. The van der Waals surface area contributed by atoms with Crippen molar-refractivity contribution in [3.05, 3.63) is 106 Å². The summed E-state index contributed by atoms with van der Waals surface area (Å²) in [6, 6.07) is 25.5. The molecule has 1 aliphatic carbocycles. The third kappa shape index (κ3) is 5.31. The van der Waals surface area contributed by atoms with Gasteiger partial charge in [-0.25, -0.2) is 0 Å². The number of benzene rings is 3. The second kappa shape index (κ2) is 9.75. The van der Waals surface area contributed by atoms with E-state index in [0.29, 0.717) is 5.75 Å². The first-order valence-electron chi connectivity index (χ1n) is 11.8. The van der Waals surface area contributed by atoms with Crippen molar-refractivity contribution in [3.8, 4) is 5.75 Å². The molecule has 2 heteroatoms. The van der Waals surface area contributed by atoms with E-state index in [1.54, 1.807) is 0 Å². The average Bonchev–Trinajstić information content (AvgIpc) is 2.78. The molecule has 3 aromatic carbocycles. The van der Waals surface area contributed by atoms with Gasteiger partial charge in [0.25, 0.3) is 0 Å². The number of nitrogens with one attached hydrogen (secondary N) is 1. The Morgan fingerprint density at radius 2 is 1.62 bits per heavy atom. The molecule has 32 heavy (non-hydrogen) atoms. The standard InChI is InChI=1S/C30H35NO/c1-30(2,3)26-16-13-24(14-17-26)29-25(12-11-23-15-18-27(32)20-28(23)29)21-31-19-7-10-22-8-5-4-6-9-22/h4-6,8-9,13-18,20,31-32H,7,10-12,19,21H2,1-3H3. The Balaban J connectivity index is 1.55. The SMILES string of the molecule is CC(C)(C)c1ccc(C2=C(CNCCCc3ccccc3)CCc3ccc(O)cc32)cc1. The third-order valence-corrected chi connectivity index (χ3v) is 6.45. The molecule has 0 aromatic heterocycles. The molecule has 0 bridgehead atoms. The Hall–Kier alpha value is -2.84. The van der Waals surface area contributed by atoms with E-state index in [1.165, 1.54) is 39.0 Å². The van der Waals surface area contributed by atoms with Gasteiger partial charge in [-0.3, -0.25) is 0 Å². The number of aryl methyl sites for hydroxylation is 2.